The van der Waals surface area contributed by atoms with Crippen molar-refractivity contribution in [3.05, 3.63) is 40.6 Å². The van der Waals surface area contributed by atoms with Crippen LogP contribution in [0, 0.1) is 12.7 Å². The van der Waals surface area contributed by atoms with Crippen LogP contribution in [0.15, 0.2) is 23.4 Å². The fraction of sp³-hybridized carbons (Fsp3) is 0.474. The average Bonchev–Trinajstić information content (AvgIpc) is 2.68. The van der Waals surface area contributed by atoms with Gasteiger partial charge in [-0.15, -0.1) is 11.8 Å². The number of hydrogen-bond acceptors (Lipinski definition) is 5. The highest BCUT2D eigenvalue weighted by Crippen LogP contribution is 2.33. The second-order valence-corrected chi connectivity index (χ2v) is 7.91. The van der Waals surface area contributed by atoms with Gasteiger partial charge in [-0.05, 0) is 43.9 Å². The van der Waals surface area contributed by atoms with E-state index in [1.807, 2.05) is 0 Å². The molecule has 0 aliphatic heterocycles. The number of nitrogens with zero attached hydrogens (tertiary/aromatic N) is 2. The number of halogens is 7. The Hall–Kier alpha value is -1.88. The van der Waals surface area contributed by atoms with E-state index in [-0.39, 0.29) is 23.2 Å². The standard InChI is InChI=1S/C19H20ClF6N3OS/c1-11-7-12(21)13(8-14(11)31-9-19(24,25)26)30-6-4-2-3-5-27-18-15(20)16(17(22)23)28-10-29-18/h7-8,10,17H,2-6,9H2,1H3,(H,27,28,29). The van der Waals surface area contributed by atoms with Crippen molar-refractivity contribution in [2.75, 3.05) is 24.2 Å². The van der Waals surface area contributed by atoms with Crippen molar-refractivity contribution in [2.45, 2.75) is 43.7 Å². The van der Waals surface area contributed by atoms with Crippen molar-refractivity contribution in [1.82, 2.24) is 9.97 Å². The molecular formula is C19H20ClF6N3OS. The average molecular weight is 488 g/mol. The van der Waals surface area contributed by atoms with Crippen LogP contribution in [0.4, 0.5) is 32.2 Å². The topological polar surface area (TPSA) is 47.0 Å². The van der Waals surface area contributed by atoms with Crippen LogP contribution in [-0.4, -0.2) is 35.0 Å². The molecule has 31 heavy (non-hydrogen) atoms. The van der Waals surface area contributed by atoms with Crippen LogP contribution in [0.5, 0.6) is 5.75 Å². The van der Waals surface area contributed by atoms with Gasteiger partial charge < -0.3 is 10.1 Å². The van der Waals surface area contributed by atoms with Gasteiger partial charge in [0.1, 0.15) is 22.9 Å². The number of ether oxygens (including phenoxy) is 1. The number of thioether (sulfide) groups is 1. The fourth-order valence-electron chi connectivity index (χ4n) is 2.51. The van der Waals surface area contributed by atoms with Gasteiger partial charge in [0.05, 0.1) is 12.4 Å². The molecule has 0 bridgehead atoms. The Bertz CT molecular complexity index is 869. The predicted molar refractivity (Wildman–Crippen MR) is 108 cm³/mol. The number of nitrogens with one attached hydrogen (secondary N) is 1. The lowest BCUT2D eigenvalue weighted by atomic mass is 10.2. The zero-order valence-electron chi connectivity index (χ0n) is 16.4. The molecule has 0 saturated carbocycles. The number of aryl methyl sites for hydroxylation is 1. The summed E-state index contributed by atoms with van der Waals surface area (Å²) in [5, 5.41) is 2.63. The van der Waals surface area contributed by atoms with Crippen LogP contribution in [0.25, 0.3) is 0 Å². The highest BCUT2D eigenvalue weighted by Gasteiger charge is 2.27. The summed E-state index contributed by atoms with van der Waals surface area (Å²) >= 11 is 6.41. The Balaban J connectivity index is 1.75. The van der Waals surface area contributed by atoms with E-state index in [0.29, 0.717) is 48.0 Å². The quantitative estimate of drug-likeness (QED) is 0.214. The van der Waals surface area contributed by atoms with Crippen LogP contribution in [0.3, 0.4) is 0 Å². The van der Waals surface area contributed by atoms with Crippen molar-refractivity contribution in [3.63, 3.8) is 0 Å². The van der Waals surface area contributed by atoms with E-state index >= 15 is 0 Å². The summed E-state index contributed by atoms with van der Waals surface area (Å²) in [6.07, 6.45) is -4.27. The number of aromatic nitrogens is 2. The Morgan fingerprint density at radius 1 is 1.16 bits per heavy atom. The minimum absolute atomic E-state index is 0.0966. The summed E-state index contributed by atoms with van der Waals surface area (Å²) < 4.78 is 82.1. The normalized spacial score (nSPS) is 11.8. The Labute approximate surface area is 184 Å². The zero-order chi connectivity index (χ0) is 23.0. The number of unbranched alkanes of at least 4 members (excludes halogenated alkanes) is 2. The zero-order valence-corrected chi connectivity index (χ0v) is 18.0. The molecule has 0 aliphatic rings. The highest BCUT2D eigenvalue weighted by molar-refractivity contribution is 7.99. The second kappa shape index (κ2) is 11.7. The molecule has 0 radical (unpaired) electrons. The minimum atomic E-state index is -4.32. The van der Waals surface area contributed by atoms with Crippen molar-refractivity contribution in [1.29, 1.82) is 0 Å². The maximum Gasteiger partial charge on any atom is 0.398 e. The lowest BCUT2D eigenvalue weighted by Gasteiger charge is -2.13. The maximum atomic E-state index is 14.0. The first-order valence-electron chi connectivity index (χ1n) is 9.23. The molecule has 1 aromatic carbocycles. The SMILES string of the molecule is Cc1cc(F)c(OCCCCCNc2ncnc(C(F)F)c2Cl)cc1SCC(F)(F)F. The first-order chi connectivity index (χ1) is 14.6. The van der Waals surface area contributed by atoms with Crippen molar-refractivity contribution >= 4 is 29.2 Å². The molecule has 0 saturated heterocycles. The molecule has 0 amide bonds. The van der Waals surface area contributed by atoms with Crippen molar-refractivity contribution in [2.24, 2.45) is 0 Å². The van der Waals surface area contributed by atoms with E-state index in [1.165, 1.54) is 13.0 Å². The molecule has 0 unspecified atom stereocenters. The summed E-state index contributed by atoms with van der Waals surface area (Å²) in [6, 6.07) is 2.43. The largest absolute Gasteiger partial charge is 0.490 e. The molecular weight excluding hydrogens is 468 g/mol. The minimum Gasteiger partial charge on any atom is -0.490 e. The Morgan fingerprint density at radius 2 is 1.90 bits per heavy atom. The molecule has 172 valence electrons. The lowest BCUT2D eigenvalue weighted by Crippen LogP contribution is -2.10. The fourth-order valence-corrected chi connectivity index (χ4v) is 3.55. The summed E-state index contributed by atoms with van der Waals surface area (Å²) in [7, 11) is 0. The van der Waals surface area contributed by atoms with Gasteiger partial charge in [-0.3, -0.25) is 0 Å². The summed E-state index contributed by atoms with van der Waals surface area (Å²) in [5.74, 6) is -1.68. The van der Waals surface area contributed by atoms with Gasteiger partial charge in [0.25, 0.3) is 6.43 Å². The third-order valence-corrected chi connectivity index (χ3v) is 5.61. The summed E-state index contributed by atoms with van der Waals surface area (Å²) in [6.45, 7) is 2.12. The van der Waals surface area contributed by atoms with Gasteiger partial charge in [-0.2, -0.15) is 13.2 Å². The van der Waals surface area contributed by atoms with Crippen LogP contribution in [-0.2, 0) is 0 Å². The van der Waals surface area contributed by atoms with Gasteiger partial charge in [-0.1, -0.05) is 11.6 Å². The number of alkyl halides is 5. The molecule has 0 fully saturated rings. The number of rotatable bonds is 11. The number of anilines is 1. The number of hydrogen-bond donors (Lipinski definition) is 1. The molecule has 1 N–H and O–H groups in total. The molecule has 0 atom stereocenters. The second-order valence-electron chi connectivity index (χ2n) is 6.51. The number of benzene rings is 1. The molecule has 12 heteroatoms. The smallest absolute Gasteiger partial charge is 0.398 e. The Morgan fingerprint density at radius 3 is 2.58 bits per heavy atom. The van der Waals surface area contributed by atoms with E-state index in [4.69, 9.17) is 16.3 Å². The molecule has 0 aliphatic carbocycles. The molecule has 2 aromatic rings. The molecule has 2 rings (SSSR count). The molecule has 1 aromatic heterocycles. The highest BCUT2D eigenvalue weighted by atomic mass is 35.5. The van der Waals surface area contributed by atoms with Gasteiger partial charge in [0, 0.05) is 11.4 Å². The van der Waals surface area contributed by atoms with Crippen molar-refractivity contribution in [3.8, 4) is 5.75 Å². The van der Waals surface area contributed by atoms with E-state index < -0.39 is 29.9 Å². The molecule has 0 spiro atoms. The van der Waals surface area contributed by atoms with E-state index in [0.717, 1.165) is 12.4 Å². The van der Waals surface area contributed by atoms with E-state index in [1.54, 1.807) is 0 Å². The van der Waals surface area contributed by atoms with Crippen LogP contribution in [0.2, 0.25) is 5.02 Å². The summed E-state index contributed by atoms with van der Waals surface area (Å²) in [4.78, 5) is 7.57. The van der Waals surface area contributed by atoms with Gasteiger partial charge in [0.2, 0.25) is 0 Å². The molecule has 4 nitrogen and oxygen atoms in total. The lowest BCUT2D eigenvalue weighted by molar-refractivity contribution is -0.105. The first-order valence-corrected chi connectivity index (χ1v) is 10.6. The maximum absolute atomic E-state index is 14.0. The van der Waals surface area contributed by atoms with Gasteiger partial charge in [0.15, 0.2) is 11.6 Å². The Kier molecular flexibility index (Phi) is 9.54. The van der Waals surface area contributed by atoms with E-state index in [2.05, 4.69) is 15.3 Å². The van der Waals surface area contributed by atoms with Crippen LogP contribution < -0.4 is 10.1 Å². The van der Waals surface area contributed by atoms with Gasteiger partial charge >= 0.3 is 6.18 Å². The monoisotopic (exact) mass is 487 g/mol. The van der Waals surface area contributed by atoms with E-state index in [9.17, 15) is 26.3 Å². The predicted octanol–water partition coefficient (Wildman–Crippen LogP) is 6.83. The van der Waals surface area contributed by atoms with Crippen LogP contribution in [0.1, 0.15) is 36.9 Å². The van der Waals surface area contributed by atoms with Gasteiger partial charge in [-0.25, -0.2) is 23.1 Å². The first kappa shape index (κ1) is 25.4. The third-order valence-electron chi connectivity index (χ3n) is 4.02. The molecule has 1 heterocycles. The third kappa shape index (κ3) is 8.29. The summed E-state index contributed by atoms with van der Waals surface area (Å²) in [5.41, 5.74) is -0.135. The van der Waals surface area contributed by atoms with Crippen molar-refractivity contribution < 1.29 is 31.1 Å². The van der Waals surface area contributed by atoms with Crippen LogP contribution >= 0.6 is 23.4 Å².